The van der Waals surface area contributed by atoms with Gasteiger partial charge in [0, 0.05) is 17.1 Å². The summed E-state index contributed by atoms with van der Waals surface area (Å²) < 4.78 is 16.6. The standard InChI is InChI=1S/C19H17ClN2O3/c1-22(10-13-2-7-16-17(8-13)24-12-23-16)11-19-21-9-18(25-19)14-3-5-15(20)6-4-14/h2-9H,10-12H2,1H3. The van der Waals surface area contributed by atoms with Crippen LogP contribution in [0.15, 0.2) is 53.1 Å². The van der Waals surface area contributed by atoms with Gasteiger partial charge in [-0.25, -0.2) is 4.98 Å². The van der Waals surface area contributed by atoms with Crippen molar-refractivity contribution in [2.24, 2.45) is 0 Å². The van der Waals surface area contributed by atoms with Crippen molar-refractivity contribution in [3.05, 3.63) is 65.1 Å². The number of aromatic nitrogens is 1. The third-order valence-electron chi connectivity index (χ3n) is 3.98. The second-order valence-electron chi connectivity index (χ2n) is 5.99. The van der Waals surface area contributed by atoms with Crippen LogP contribution in [0.4, 0.5) is 0 Å². The van der Waals surface area contributed by atoms with Crippen LogP contribution in [0.5, 0.6) is 11.5 Å². The van der Waals surface area contributed by atoms with Crippen LogP contribution in [-0.2, 0) is 13.1 Å². The summed E-state index contributed by atoms with van der Waals surface area (Å²) in [5.74, 6) is 3.01. The minimum Gasteiger partial charge on any atom is -0.454 e. The summed E-state index contributed by atoms with van der Waals surface area (Å²) in [4.78, 5) is 6.50. The van der Waals surface area contributed by atoms with Crippen molar-refractivity contribution in [3.63, 3.8) is 0 Å². The molecule has 6 heteroatoms. The monoisotopic (exact) mass is 356 g/mol. The Morgan fingerprint density at radius 2 is 1.84 bits per heavy atom. The summed E-state index contributed by atoms with van der Waals surface area (Å²) in [6.07, 6.45) is 1.74. The molecular formula is C19H17ClN2O3. The van der Waals surface area contributed by atoms with Gasteiger partial charge in [0.05, 0.1) is 12.7 Å². The molecule has 128 valence electrons. The first-order valence-corrected chi connectivity index (χ1v) is 8.33. The molecule has 1 aliphatic rings. The number of hydrogen-bond acceptors (Lipinski definition) is 5. The van der Waals surface area contributed by atoms with Gasteiger partial charge in [-0.3, -0.25) is 4.90 Å². The number of nitrogens with zero attached hydrogens (tertiary/aromatic N) is 2. The van der Waals surface area contributed by atoms with Crippen molar-refractivity contribution in [2.45, 2.75) is 13.1 Å². The predicted molar refractivity (Wildman–Crippen MR) is 94.7 cm³/mol. The maximum atomic E-state index is 5.92. The fourth-order valence-corrected chi connectivity index (χ4v) is 2.89. The first-order chi connectivity index (χ1) is 12.2. The number of ether oxygens (including phenoxy) is 2. The van der Waals surface area contributed by atoms with Gasteiger partial charge in [-0.15, -0.1) is 0 Å². The van der Waals surface area contributed by atoms with E-state index >= 15 is 0 Å². The van der Waals surface area contributed by atoms with Gasteiger partial charge in [0.2, 0.25) is 12.7 Å². The van der Waals surface area contributed by atoms with E-state index in [0.717, 1.165) is 34.9 Å². The van der Waals surface area contributed by atoms with Gasteiger partial charge in [-0.2, -0.15) is 0 Å². The molecule has 3 aromatic rings. The molecule has 0 fully saturated rings. The second-order valence-corrected chi connectivity index (χ2v) is 6.42. The fraction of sp³-hybridized carbons (Fsp3) is 0.211. The van der Waals surface area contributed by atoms with Gasteiger partial charge in [-0.05, 0) is 49.0 Å². The molecule has 1 aliphatic heterocycles. The molecule has 2 aromatic carbocycles. The third kappa shape index (κ3) is 3.62. The Kier molecular flexibility index (Phi) is 4.34. The third-order valence-corrected chi connectivity index (χ3v) is 4.23. The van der Waals surface area contributed by atoms with Gasteiger partial charge in [-0.1, -0.05) is 17.7 Å². The molecule has 4 rings (SSSR count). The van der Waals surface area contributed by atoms with Crippen LogP contribution in [0.3, 0.4) is 0 Å². The lowest BCUT2D eigenvalue weighted by atomic mass is 10.2. The minimum absolute atomic E-state index is 0.290. The lowest BCUT2D eigenvalue weighted by Crippen LogP contribution is -2.17. The molecule has 0 N–H and O–H groups in total. The highest BCUT2D eigenvalue weighted by atomic mass is 35.5. The van der Waals surface area contributed by atoms with Crippen LogP contribution >= 0.6 is 11.6 Å². The van der Waals surface area contributed by atoms with E-state index in [-0.39, 0.29) is 0 Å². The number of rotatable bonds is 5. The molecule has 0 unspecified atom stereocenters. The molecule has 0 spiro atoms. The topological polar surface area (TPSA) is 47.7 Å². The van der Waals surface area contributed by atoms with Crippen molar-refractivity contribution in [1.29, 1.82) is 0 Å². The Hall–Kier alpha value is -2.50. The maximum absolute atomic E-state index is 5.92. The lowest BCUT2D eigenvalue weighted by Gasteiger charge is -2.14. The fourth-order valence-electron chi connectivity index (χ4n) is 2.77. The van der Waals surface area contributed by atoms with Crippen LogP contribution in [0, 0.1) is 0 Å². The molecular weight excluding hydrogens is 340 g/mol. The van der Waals surface area contributed by atoms with E-state index in [9.17, 15) is 0 Å². The van der Waals surface area contributed by atoms with E-state index in [1.54, 1.807) is 6.20 Å². The quantitative estimate of drug-likeness (QED) is 0.680. The van der Waals surface area contributed by atoms with Crippen molar-refractivity contribution >= 4 is 11.6 Å². The van der Waals surface area contributed by atoms with Gasteiger partial charge < -0.3 is 13.9 Å². The largest absolute Gasteiger partial charge is 0.454 e. The summed E-state index contributed by atoms with van der Waals surface area (Å²) in [7, 11) is 2.02. The van der Waals surface area contributed by atoms with Gasteiger partial charge in [0.1, 0.15) is 0 Å². The summed E-state index contributed by atoms with van der Waals surface area (Å²) in [5.41, 5.74) is 2.11. The summed E-state index contributed by atoms with van der Waals surface area (Å²) in [5, 5.41) is 0.701. The number of fused-ring (bicyclic) bond motifs is 1. The highest BCUT2D eigenvalue weighted by molar-refractivity contribution is 6.30. The molecule has 0 radical (unpaired) electrons. The van der Waals surface area contributed by atoms with E-state index in [4.69, 9.17) is 25.5 Å². The van der Waals surface area contributed by atoms with Gasteiger partial charge in [0.25, 0.3) is 0 Å². The average Bonchev–Trinajstić information content (AvgIpc) is 3.24. The molecule has 2 heterocycles. The van der Waals surface area contributed by atoms with Crippen LogP contribution in [0.2, 0.25) is 5.02 Å². The van der Waals surface area contributed by atoms with Crippen molar-refractivity contribution in [2.75, 3.05) is 13.8 Å². The zero-order valence-electron chi connectivity index (χ0n) is 13.7. The molecule has 0 aliphatic carbocycles. The number of benzene rings is 2. The van der Waals surface area contributed by atoms with Crippen molar-refractivity contribution in [1.82, 2.24) is 9.88 Å². The molecule has 0 saturated heterocycles. The van der Waals surface area contributed by atoms with E-state index < -0.39 is 0 Å². The van der Waals surface area contributed by atoms with E-state index in [2.05, 4.69) is 9.88 Å². The van der Waals surface area contributed by atoms with E-state index in [0.29, 0.717) is 24.3 Å². The summed E-state index contributed by atoms with van der Waals surface area (Å²) >= 11 is 5.92. The van der Waals surface area contributed by atoms with E-state index in [1.807, 2.05) is 49.5 Å². The lowest BCUT2D eigenvalue weighted by molar-refractivity contribution is 0.174. The van der Waals surface area contributed by atoms with Crippen molar-refractivity contribution < 1.29 is 13.9 Å². The maximum Gasteiger partial charge on any atom is 0.231 e. The number of hydrogen-bond donors (Lipinski definition) is 0. The normalized spacial score (nSPS) is 12.8. The molecule has 25 heavy (non-hydrogen) atoms. The van der Waals surface area contributed by atoms with E-state index in [1.165, 1.54) is 0 Å². The highest BCUT2D eigenvalue weighted by Gasteiger charge is 2.14. The van der Waals surface area contributed by atoms with Crippen LogP contribution < -0.4 is 9.47 Å². The zero-order chi connectivity index (χ0) is 17.2. The minimum atomic E-state index is 0.290. The first kappa shape index (κ1) is 16.0. The Morgan fingerprint density at radius 1 is 1.04 bits per heavy atom. The Morgan fingerprint density at radius 3 is 2.68 bits per heavy atom. The Labute approximate surface area is 150 Å². The first-order valence-electron chi connectivity index (χ1n) is 7.95. The number of halogens is 1. The summed E-state index contributed by atoms with van der Waals surface area (Å²) in [6, 6.07) is 13.5. The molecule has 1 aromatic heterocycles. The molecule has 5 nitrogen and oxygen atoms in total. The van der Waals surface area contributed by atoms with Crippen LogP contribution in [0.25, 0.3) is 11.3 Å². The predicted octanol–water partition coefficient (Wildman–Crippen LogP) is 4.36. The van der Waals surface area contributed by atoms with Gasteiger partial charge >= 0.3 is 0 Å². The Bertz CT molecular complexity index is 877. The highest BCUT2D eigenvalue weighted by Crippen LogP contribution is 2.32. The van der Waals surface area contributed by atoms with Crippen LogP contribution in [-0.4, -0.2) is 23.7 Å². The Balaban J connectivity index is 1.41. The summed E-state index contributed by atoms with van der Waals surface area (Å²) in [6.45, 7) is 1.66. The van der Waals surface area contributed by atoms with Crippen LogP contribution in [0.1, 0.15) is 11.5 Å². The average molecular weight is 357 g/mol. The number of oxazole rings is 1. The zero-order valence-corrected chi connectivity index (χ0v) is 14.5. The molecule has 0 bridgehead atoms. The van der Waals surface area contributed by atoms with Gasteiger partial charge in [0.15, 0.2) is 17.3 Å². The smallest absolute Gasteiger partial charge is 0.231 e. The molecule has 0 amide bonds. The SMILES string of the molecule is CN(Cc1ccc2c(c1)OCO2)Cc1ncc(-c2ccc(Cl)cc2)o1. The molecule has 0 saturated carbocycles. The molecule has 0 atom stereocenters. The second kappa shape index (κ2) is 6.78. The van der Waals surface area contributed by atoms with Crippen molar-refractivity contribution in [3.8, 4) is 22.8 Å².